The van der Waals surface area contributed by atoms with Crippen molar-refractivity contribution in [3.63, 3.8) is 0 Å². The number of rotatable bonds is 7. The maximum atomic E-state index is 12.7. The van der Waals surface area contributed by atoms with Crippen LogP contribution >= 0.6 is 12.4 Å². The van der Waals surface area contributed by atoms with Gasteiger partial charge in [-0.1, -0.05) is 0 Å². The van der Waals surface area contributed by atoms with Gasteiger partial charge in [-0.05, 0) is 56.4 Å². The van der Waals surface area contributed by atoms with Gasteiger partial charge < -0.3 is 24.8 Å². The lowest BCUT2D eigenvalue weighted by atomic mass is 9.70. The Morgan fingerprint density at radius 1 is 1.08 bits per heavy atom. The predicted octanol–water partition coefficient (Wildman–Crippen LogP) is 2.81. The number of carbonyl (C=O) groups excluding carboxylic acids is 1. The van der Waals surface area contributed by atoms with E-state index in [-0.39, 0.29) is 41.6 Å². The quantitative estimate of drug-likeness (QED) is 0.482. The first-order valence-electron chi connectivity index (χ1n) is 12.3. The van der Waals surface area contributed by atoms with E-state index in [2.05, 4.69) is 20.6 Å². The first kappa shape index (κ1) is 25.4. The SMILES string of the molecule is COc1ccc2ccc(=O)n(CCC34CCC(NCc5ccc6c(n5)NC(=O)CO6)(CC3)CO4)c2n1.Cl. The Bertz CT molecular complexity index is 1370. The average Bonchev–Trinajstić information content (AvgIpc) is 2.92. The van der Waals surface area contributed by atoms with Gasteiger partial charge >= 0.3 is 0 Å². The third-order valence-corrected chi connectivity index (χ3v) is 7.76. The van der Waals surface area contributed by atoms with Crippen LogP contribution in [0.4, 0.5) is 5.82 Å². The number of halogens is 1. The Morgan fingerprint density at radius 3 is 2.65 bits per heavy atom. The van der Waals surface area contributed by atoms with E-state index in [0.29, 0.717) is 42.8 Å². The summed E-state index contributed by atoms with van der Waals surface area (Å²) < 4.78 is 18.9. The van der Waals surface area contributed by atoms with E-state index in [1.807, 2.05) is 18.2 Å². The number of ether oxygens (including phenoxy) is 3. The molecule has 0 spiro atoms. The van der Waals surface area contributed by atoms with Crippen LogP contribution in [0.5, 0.6) is 11.6 Å². The minimum Gasteiger partial charge on any atom is -0.481 e. The molecule has 2 N–H and O–H groups in total. The summed E-state index contributed by atoms with van der Waals surface area (Å²) in [6, 6.07) is 10.9. The van der Waals surface area contributed by atoms with Crippen LogP contribution < -0.4 is 25.7 Å². The van der Waals surface area contributed by atoms with Crippen molar-refractivity contribution in [3.05, 3.63) is 52.4 Å². The number of hydrogen-bond acceptors (Lipinski definition) is 8. The van der Waals surface area contributed by atoms with Crippen molar-refractivity contribution in [1.29, 1.82) is 0 Å². The fourth-order valence-corrected chi connectivity index (χ4v) is 5.48. The highest BCUT2D eigenvalue weighted by molar-refractivity contribution is 5.94. The normalized spacial score (nSPS) is 24.1. The molecule has 4 aliphatic rings. The molecule has 3 aromatic rings. The third-order valence-electron chi connectivity index (χ3n) is 7.76. The van der Waals surface area contributed by atoms with Crippen LogP contribution in [-0.4, -0.2) is 51.9 Å². The summed E-state index contributed by atoms with van der Waals surface area (Å²) in [6.07, 6.45) is 4.60. The standard InChI is InChI=1S/C26H29N5O5.ClH/c1-34-21-6-2-17-3-7-22(33)31(24(17)30-21)13-12-26-10-8-25(9-11-26,16-36-26)27-14-18-4-5-19-23(28-18)29-20(32)15-35-19;/h2-7,27H,8-16H2,1H3,(H,28,29,32);1H. The minimum absolute atomic E-state index is 0. The van der Waals surface area contributed by atoms with E-state index < -0.39 is 0 Å². The lowest BCUT2D eigenvalue weighted by Gasteiger charge is -2.53. The van der Waals surface area contributed by atoms with Gasteiger partial charge in [-0.15, -0.1) is 12.4 Å². The Morgan fingerprint density at radius 2 is 1.89 bits per heavy atom. The van der Waals surface area contributed by atoms with E-state index >= 15 is 0 Å². The lowest BCUT2D eigenvalue weighted by Crippen LogP contribution is -2.61. The molecule has 0 unspecified atom stereocenters. The number of fused-ring (bicyclic) bond motifs is 5. The van der Waals surface area contributed by atoms with Crippen LogP contribution in [0, 0.1) is 0 Å². The fraction of sp³-hybridized carbons (Fsp3) is 0.462. The summed E-state index contributed by atoms with van der Waals surface area (Å²) in [5, 5.41) is 7.34. The summed E-state index contributed by atoms with van der Waals surface area (Å²) in [7, 11) is 1.57. The highest BCUT2D eigenvalue weighted by Gasteiger charge is 2.49. The van der Waals surface area contributed by atoms with E-state index in [1.165, 1.54) is 0 Å². The summed E-state index contributed by atoms with van der Waals surface area (Å²) in [6.45, 7) is 1.77. The molecule has 7 rings (SSSR count). The van der Waals surface area contributed by atoms with Crippen molar-refractivity contribution < 1.29 is 19.0 Å². The highest BCUT2D eigenvalue weighted by atomic mass is 35.5. The minimum atomic E-state index is -0.227. The molecule has 0 aromatic carbocycles. The maximum absolute atomic E-state index is 12.7. The largest absolute Gasteiger partial charge is 0.481 e. The number of aryl methyl sites for hydroxylation is 1. The molecule has 37 heavy (non-hydrogen) atoms. The summed E-state index contributed by atoms with van der Waals surface area (Å²) in [5.74, 6) is 1.37. The van der Waals surface area contributed by atoms with Crippen molar-refractivity contribution in [3.8, 4) is 11.6 Å². The second kappa shape index (κ2) is 9.92. The zero-order valence-corrected chi connectivity index (χ0v) is 21.4. The molecular formula is C26H30ClN5O5. The predicted molar refractivity (Wildman–Crippen MR) is 140 cm³/mol. The molecule has 1 saturated carbocycles. The van der Waals surface area contributed by atoms with Crippen molar-refractivity contribution >= 4 is 35.2 Å². The zero-order chi connectivity index (χ0) is 24.8. The molecule has 196 valence electrons. The Kier molecular flexibility index (Phi) is 6.82. The molecule has 10 nitrogen and oxygen atoms in total. The highest BCUT2D eigenvalue weighted by Crippen LogP contribution is 2.45. The second-order valence-electron chi connectivity index (χ2n) is 9.93. The van der Waals surface area contributed by atoms with Crippen molar-refractivity contribution in [1.82, 2.24) is 19.9 Å². The molecule has 11 heteroatoms. The molecule has 6 heterocycles. The number of carbonyl (C=O) groups is 1. The smallest absolute Gasteiger partial charge is 0.263 e. The van der Waals surface area contributed by atoms with Gasteiger partial charge in [0, 0.05) is 36.1 Å². The summed E-state index contributed by atoms with van der Waals surface area (Å²) >= 11 is 0. The maximum Gasteiger partial charge on any atom is 0.263 e. The Balaban J connectivity index is 0.00000280. The van der Waals surface area contributed by atoms with E-state index in [0.717, 1.165) is 43.2 Å². The molecule has 0 atom stereocenters. The number of nitrogens with zero attached hydrogens (tertiary/aromatic N) is 3. The van der Waals surface area contributed by atoms with Gasteiger partial charge in [-0.3, -0.25) is 14.2 Å². The molecule has 2 saturated heterocycles. The summed E-state index contributed by atoms with van der Waals surface area (Å²) in [5.41, 5.74) is 1.09. The van der Waals surface area contributed by atoms with Crippen molar-refractivity contribution in [2.24, 2.45) is 0 Å². The van der Waals surface area contributed by atoms with Gasteiger partial charge in [0.15, 0.2) is 18.2 Å². The average molecular weight is 528 g/mol. The molecule has 3 aliphatic heterocycles. The van der Waals surface area contributed by atoms with Crippen molar-refractivity contribution in [2.45, 2.75) is 56.3 Å². The number of methoxy groups -OCH3 is 1. The molecule has 1 amide bonds. The number of anilines is 1. The number of amides is 1. The molecule has 0 radical (unpaired) electrons. The van der Waals surface area contributed by atoms with Crippen LogP contribution in [0.3, 0.4) is 0 Å². The van der Waals surface area contributed by atoms with Crippen LogP contribution in [0.25, 0.3) is 11.0 Å². The van der Waals surface area contributed by atoms with Gasteiger partial charge in [0.1, 0.15) is 5.65 Å². The van der Waals surface area contributed by atoms with Gasteiger partial charge in [0.2, 0.25) is 5.88 Å². The lowest BCUT2D eigenvalue weighted by molar-refractivity contribution is -0.167. The van der Waals surface area contributed by atoms with Crippen LogP contribution in [0.1, 0.15) is 37.8 Å². The fourth-order valence-electron chi connectivity index (χ4n) is 5.48. The molecule has 3 fully saturated rings. The number of pyridine rings is 3. The van der Waals surface area contributed by atoms with Gasteiger partial charge in [0.25, 0.3) is 11.5 Å². The monoisotopic (exact) mass is 527 g/mol. The van der Waals surface area contributed by atoms with Crippen LogP contribution in [0.15, 0.2) is 41.2 Å². The Labute approximate surface area is 220 Å². The van der Waals surface area contributed by atoms with E-state index in [9.17, 15) is 9.59 Å². The Hall–Kier alpha value is -3.21. The van der Waals surface area contributed by atoms with Crippen LogP contribution in [-0.2, 0) is 22.6 Å². The van der Waals surface area contributed by atoms with E-state index in [4.69, 9.17) is 14.2 Å². The van der Waals surface area contributed by atoms with Gasteiger partial charge in [0.05, 0.1) is 25.0 Å². The molecule has 2 bridgehead atoms. The number of aromatic nitrogens is 3. The molecule has 1 aliphatic carbocycles. The molecule has 3 aromatic heterocycles. The second-order valence-corrected chi connectivity index (χ2v) is 9.93. The number of hydrogen-bond donors (Lipinski definition) is 2. The summed E-state index contributed by atoms with van der Waals surface area (Å²) in [4.78, 5) is 33.3. The van der Waals surface area contributed by atoms with Crippen molar-refractivity contribution in [2.75, 3.05) is 25.6 Å². The topological polar surface area (TPSA) is 117 Å². The first-order chi connectivity index (χ1) is 17.5. The van der Waals surface area contributed by atoms with Gasteiger partial charge in [-0.25, -0.2) is 4.98 Å². The first-order valence-corrected chi connectivity index (χ1v) is 12.3. The number of nitrogens with one attached hydrogen (secondary N) is 2. The zero-order valence-electron chi connectivity index (χ0n) is 20.6. The van der Waals surface area contributed by atoms with E-state index in [1.54, 1.807) is 29.9 Å². The van der Waals surface area contributed by atoms with Crippen LogP contribution in [0.2, 0.25) is 0 Å². The molecular weight excluding hydrogens is 498 g/mol. The third kappa shape index (κ3) is 4.88. The van der Waals surface area contributed by atoms with Gasteiger partial charge in [-0.2, -0.15) is 4.98 Å².